The third-order valence-electron chi connectivity index (χ3n) is 11.8. The number of ketones is 1. The summed E-state index contributed by atoms with van der Waals surface area (Å²) in [7, 11) is 2.99. The Labute approximate surface area is 212 Å². The number of hydrogen-bond acceptors (Lipinski definition) is 5. The summed E-state index contributed by atoms with van der Waals surface area (Å²) in [6.45, 7) is 11.2. The molecule has 0 bridgehead atoms. The van der Waals surface area contributed by atoms with Crippen LogP contribution in [-0.2, 0) is 23.9 Å². The van der Waals surface area contributed by atoms with Crippen LogP contribution >= 0.6 is 0 Å². The van der Waals surface area contributed by atoms with E-state index >= 15 is 0 Å². The first-order valence-corrected chi connectivity index (χ1v) is 14.2. The standard InChI is InChI=1S/C30H48O5/c1-17(2)19(27(32)34-6)9-8-18(3)22-12-13-24-20-10-11-23-21(28(33)35-7)14-15-29(23,4)25(20)16-26(31)30(22,24)5/h17-25H,8-16H2,1-7H3/t18-,19?,20+,21+,22-,23-,24+,25+,29+,30-/m1/s1. The van der Waals surface area contributed by atoms with E-state index in [1.807, 2.05) is 0 Å². The zero-order chi connectivity index (χ0) is 25.7. The fourth-order valence-electron chi connectivity index (χ4n) is 9.79. The molecule has 10 atom stereocenters. The Morgan fingerprint density at radius 1 is 0.914 bits per heavy atom. The molecule has 5 heteroatoms. The molecular formula is C30H48O5. The molecule has 0 heterocycles. The van der Waals surface area contributed by atoms with Crippen molar-refractivity contribution in [3.05, 3.63) is 0 Å². The van der Waals surface area contributed by atoms with E-state index in [2.05, 4.69) is 34.6 Å². The maximum absolute atomic E-state index is 14.0. The number of carbonyl (C=O) groups excluding carboxylic acids is 3. The minimum atomic E-state index is -0.247. The summed E-state index contributed by atoms with van der Waals surface area (Å²) in [5.41, 5.74) is -0.170. The van der Waals surface area contributed by atoms with Crippen molar-refractivity contribution in [1.29, 1.82) is 0 Å². The molecule has 4 rings (SSSR count). The van der Waals surface area contributed by atoms with Gasteiger partial charge in [-0.05, 0) is 98.2 Å². The first-order chi connectivity index (χ1) is 16.5. The van der Waals surface area contributed by atoms with Crippen LogP contribution in [0.3, 0.4) is 0 Å². The summed E-state index contributed by atoms with van der Waals surface area (Å²) < 4.78 is 10.2. The number of methoxy groups -OCH3 is 2. The highest BCUT2D eigenvalue weighted by molar-refractivity contribution is 5.87. The topological polar surface area (TPSA) is 69.7 Å². The summed E-state index contributed by atoms with van der Waals surface area (Å²) in [5.74, 6) is 3.12. The first-order valence-electron chi connectivity index (χ1n) is 14.2. The second-order valence-electron chi connectivity index (χ2n) is 13.3. The lowest BCUT2D eigenvalue weighted by Crippen LogP contribution is -2.55. The quantitative estimate of drug-likeness (QED) is 0.406. The van der Waals surface area contributed by atoms with Crippen molar-refractivity contribution >= 4 is 17.7 Å². The molecular weight excluding hydrogens is 440 g/mol. The Bertz CT molecular complexity index is 835. The van der Waals surface area contributed by atoms with E-state index in [1.165, 1.54) is 14.2 Å². The second kappa shape index (κ2) is 9.82. The summed E-state index contributed by atoms with van der Waals surface area (Å²) in [5, 5.41) is 0. The van der Waals surface area contributed by atoms with E-state index in [0.29, 0.717) is 47.7 Å². The van der Waals surface area contributed by atoms with Crippen molar-refractivity contribution in [2.75, 3.05) is 14.2 Å². The highest BCUT2D eigenvalue weighted by atomic mass is 16.5. The highest BCUT2D eigenvalue weighted by Gasteiger charge is 2.65. The van der Waals surface area contributed by atoms with E-state index in [-0.39, 0.29) is 40.5 Å². The summed E-state index contributed by atoms with van der Waals surface area (Å²) in [4.78, 5) is 38.8. The lowest BCUT2D eigenvalue weighted by molar-refractivity contribution is -0.158. The van der Waals surface area contributed by atoms with Gasteiger partial charge in [0, 0.05) is 11.8 Å². The van der Waals surface area contributed by atoms with Gasteiger partial charge in [-0.15, -0.1) is 0 Å². The minimum absolute atomic E-state index is 0.00873. The molecule has 0 aromatic rings. The van der Waals surface area contributed by atoms with Gasteiger partial charge in [-0.3, -0.25) is 14.4 Å². The third kappa shape index (κ3) is 4.17. The van der Waals surface area contributed by atoms with Crippen LogP contribution in [0.15, 0.2) is 0 Å². The van der Waals surface area contributed by atoms with Crippen LogP contribution in [0.25, 0.3) is 0 Å². The summed E-state index contributed by atoms with van der Waals surface area (Å²) in [6.07, 6.45) is 8.92. The average molecular weight is 489 g/mol. The molecule has 0 aliphatic heterocycles. The Balaban J connectivity index is 1.50. The van der Waals surface area contributed by atoms with Crippen LogP contribution in [0.2, 0.25) is 0 Å². The number of hydrogen-bond donors (Lipinski definition) is 0. The molecule has 0 amide bonds. The van der Waals surface area contributed by atoms with Gasteiger partial charge in [0.15, 0.2) is 0 Å². The Hall–Kier alpha value is -1.39. The number of ether oxygens (including phenoxy) is 2. The zero-order valence-electron chi connectivity index (χ0n) is 23.1. The molecule has 5 nitrogen and oxygen atoms in total. The van der Waals surface area contributed by atoms with Crippen molar-refractivity contribution in [2.45, 2.75) is 92.4 Å². The van der Waals surface area contributed by atoms with Gasteiger partial charge in [-0.25, -0.2) is 0 Å². The molecule has 0 saturated heterocycles. The molecule has 0 aromatic heterocycles. The van der Waals surface area contributed by atoms with Crippen LogP contribution in [0.4, 0.5) is 0 Å². The van der Waals surface area contributed by atoms with E-state index in [4.69, 9.17) is 9.47 Å². The molecule has 1 unspecified atom stereocenters. The minimum Gasteiger partial charge on any atom is -0.469 e. The number of Topliss-reactive ketones (excluding diaryl/α,β-unsaturated/α-hetero) is 1. The van der Waals surface area contributed by atoms with Gasteiger partial charge in [0.1, 0.15) is 5.78 Å². The molecule has 4 saturated carbocycles. The maximum atomic E-state index is 14.0. The monoisotopic (exact) mass is 488 g/mol. The average Bonchev–Trinajstić information content (AvgIpc) is 3.37. The predicted molar refractivity (Wildman–Crippen MR) is 135 cm³/mol. The van der Waals surface area contributed by atoms with Gasteiger partial charge in [-0.2, -0.15) is 0 Å². The Morgan fingerprint density at radius 3 is 2.23 bits per heavy atom. The molecule has 4 aliphatic carbocycles. The lowest BCUT2D eigenvalue weighted by atomic mass is 9.46. The summed E-state index contributed by atoms with van der Waals surface area (Å²) in [6, 6.07) is 0. The number of carbonyl (C=O) groups is 3. The van der Waals surface area contributed by atoms with Crippen LogP contribution < -0.4 is 0 Å². The third-order valence-corrected chi connectivity index (χ3v) is 11.8. The summed E-state index contributed by atoms with van der Waals surface area (Å²) >= 11 is 0. The normalized spacial score (nSPS) is 42.1. The van der Waals surface area contributed by atoms with Crippen molar-refractivity contribution in [2.24, 2.45) is 64.1 Å². The van der Waals surface area contributed by atoms with Crippen molar-refractivity contribution in [1.82, 2.24) is 0 Å². The van der Waals surface area contributed by atoms with Gasteiger partial charge >= 0.3 is 11.9 Å². The molecule has 198 valence electrons. The molecule has 0 spiro atoms. The number of rotatable bonds is 7. The molecule has 35 heavy (non-hydrogen) atoms. The predicted octanol–water partition coefficient (Wildman–Crippen LogP) is 6.08. The van der Waals surface area contributed by atoms with Crippen molar-refractivity contribution < 1.29 is 23.9 Å². The largest absolute Gasteiger partial charge is 0.469 e. The van der Waals surface area contributed by atoms with Gasteiger partial charge in [0.2, 0.25) is 0 Å². The zero-order valence-corrected chi connectivity index (χ0v) is 23.1. The second-order valence-corrected chi connectivity index (χ2v) is 13.3. The fourth-order valence-corrected chi connectivity index (χ4v) is 9.79. The maximum Gasteiger partial charge on any atom is 0.308 e. The van der Waals surface area contributed by atoms with Crippen molar-refractivity contribution in [3.8, 4) is 0 Å². The molecule has 0 N–H and O–H groups in total. The lowest BCUT2D eigenvalue weighted by Gasteiger charge is -2.57. The van der Waals surface area contributed by atoms with Crippen LogP contribution in [0.1, 0.15) is 92.4 Å². The highest BCUT2D eigenvalue weighted by Crippen LogP contribution is 2.68. The van der Waals surface area contributed by atoms with Gasteiger partial charge in [0.25, 0.3) is 0 Å². The molecule has 4 fully saturated rings. The fraction of sp³-hybridized carbons (Fsp3) is 0.900. The van der Waals surface area contributed by atoms with Crippen LogP contribution in [-0.4, -0.2) is 31.9 Å². The van der Waals surface area contributed by atoms with E-state index in [1.54, 1.807) is 0 Å². The van der Waals surface area contributed by atoms with Crippen LogP contribution in [0.5, 0.6) is 0 Å². The van der Waals surface area contributed by atoms with Crippen molar-refractivity contribution in [3.63, 3.8) is 0 Å². The number of fused-ring (bicyclic) bond motifs is 5. The van der Waals surface area contributed by atoms with Gasteiger partial charge in [-0.1, -0.05) is 34.6 Å². The molecule has 0 aromatic carbocycles. The smallest absolute Gasteiger partial charge is 0.308 e. The molecule has 0 radical (unpaired) electrons. The van der Waals surface area contributed by atoms with E-state index in [9.17, 15) is 14.4 Å². The Morgan fingerprint density at radius 2 is 1.60 bits per heavy atom. The first kappa shape index (κ1) is 26.7. The Kier molecular flexibility index (Phi) is 7.48. The van der Waals surface area contributed by atoms with Gasteiger partial charge in [0.05, 0.1) is 26.1 Å². The number of esters is 2. The van der Waals surface area contributed by atoms with E-state index < -0.39 is 0 Å². The van der Waals surface area contributed by atoms with Crippen LogP contribution in [0, 0.1) is 64.1 Å². The SMILES string of the molecule is COC(=O)C(CC[C@@H](C)[C@H]1CC[C@H]2[C@@H]3CC[C@@H]4[C@@H](C(=O)OC)CC[C@]4(C)[C@H]3CC(=O)[C@]12C)C(C)C. The van der Waals surface area contributed by atoms with Gasteiger partial charge < -0.3 is 9.47 Å². The molecule has 4 aliphatic rings. The van der Waals surface area contributed by atoms with E-state index in [0.717, 1.165) is 51.4 Å².